The Hall–Kier alpha value is -3.02. The molecule has 1 fully saturated rings. The average molecular weight is 427 g/mol. The lowest BCUT2D eigenvalue weighted by Gasteiger charge is -2.15. The first-order valence-electron chi connectivity index (χ1n) is 8.76. The zero-order chi connectivity index (χ0) is 20.8. The zero-order valence-corrected chi connectivity index (χ0v) is 17.5. The summed E-state index contributed by atoms with van der Waals surface area (Å²) in [6.07, 6.45) is 1.75. The van der Waals surface area contributed by atoms with Gasteiger partial charge in [-0.15, -0.1) is 0 Å². The van der Waals surface area contributed by atoms with Gasteiger partial charge in [0.05, 0.1) is 24.3 Å². The molecule has 1 amide bonds. The Kier molecular flexibility index (Phi) is 6.75. The maximum Gasteiger partial charge on any atom is 0.270 e. The summed E-state index contributed by atoms with van der Waals surface area (Å²) >= 11 is 6.65. The molecular formula is C21H18N2O4S2. The Morgan fingerprint density at radius 1 is 1.17 bits per heavy atom. The minimum Gasteiger partial charge on any atom is -0.494 e. The summed E-state index contributed by atoms with van der Waals surface area (Å²) in [5, 5.41) is 8.66. The molecule has 0 saturated carbocycles. The van der Waals surface area contributed by atoms with Crippen LogP contribution in [0, 0.1) is 11.3 Å². The molecule has 2 aromatic carbocycles. The molecule has 0 aromatic heterocycles. The first kappa shape index (κ1) is 20.7. The lowest BCUT2D eigenvalue weighted by atomic mass is 10.2. The van der Waals surface area contributed by atoms with Crippen LogP contribution in [-0.4, -0.2) is 30.6 Å². The maximum absolute atomic E-state index is 12.9. The number of thioether (sulfide) groups is 1. The van der Waals surface area contributed by atoms with Gasteiger partial charge < -0.3 is 14.2 Å². The Balaban J connectivity index is 1.83. The van der Waals surface area contributed by atoms with Crippen LogP contribution in [0.15, 0.2) is 47.4 Å². The minimum absolute atomic E-state index is 0.0730. The van der Waals surface area contributed by atoms with Crippen molar-refractivity contribution >= 4 is 46.0 Å². The Bertz CT molecular complexity index is 997. The number of anilines is 1. The summed E-state index contributed by atoms with van der Waals surface area (Å²) in [6, 6.07) is 14.4. The van der Waals surface area contributed by atoms with E-state index in [0.29, 0.717) is 33.0 Å². The van der Waals surface area contributed by atoms with Crippen molar-refractivity contribution in [1.82, 2.24) is 0 Å². The van der Waals surface area contributed by atoms with Gasteiger partial charge in [0, 0.05) is 0 Å². The smallest absolute Gasteiger partial charge is 0.270 e. The van der Waals surface area contributed by atoms with E-state index in [1.165, 1.54) is 23.8 Å². The molecule has 3 rings (SSSR count). The Morgan fingerprint density at radius 3 is 2.59 bits per heavy atom. The molecule has 0 N–H and O–H groups in total. The molecule has 29 heavy (non-hydrogen) atoms. The van der Waals surface area contributed by atoms with Gasteiger partial charge in [-0.05, 0) is 55.0 Å². The van der Waals surface area contributed by atoms with Crippen molar-refractivity contribution in [3.63, 3.8) is 0 Å². The Labute approximate surface area is 178 Å². The first-order valence-corrected chi connectivity index (χ1v) is 9.98. The fraction of sp³-hybridized carbons (Fsp3) is 0.190. The van der Waals surface area contributed by atoms with Crippen molar-refractivity contribution < 1.29 is 19.0 Å². The maximum atomic E-state index is 12.9. The van der Waals surface area contributed by atoms with Gasteiger partial charge in [0.25, 0.3) is 5.91 Å². The van der Waals surface area contributed by atoms with Crippen molar-refractivity contribution in [2.24, 2.45) is 0 Å². The summed E-state index contributed by atoms with van der Waals surface area (Å²) in [5.74, 6) is 1.50. The highest BCUT2D eigenvalue weighted by molar-refractivity contribution is 8.27. The topological polar surface area (TPSA) is 71.8 Å². The predicted molar refractivity (Wildman–Crippen MR) is 117 cm³/mol. The van der Waals surface area contributed by atoms with Crippen LogP contribution < -0.4 is 19.1 Å². The predicted octanol–water partition coefficient (Wildman–Crippen LogP) is 4.40. The van der Waals surface area contributed by atoms with Crippen LogP contribution in [0.2, 0.25) is 0 Å². The molecule has 1 aliphatic heterocycles. The molecule has 1 saturated heterocycles. The number of hydrogen-bond acceptors (Lipinski definition) is 7. The molecule has 0 bridgehead atoms. The van der Waals surface area contributed by atoms with Gasteiger partial charge in [0.1, 0.15) is 11.8 Å². The standard InChI is InChI=1S/C21H18N2O4S2/c1-3-26-16-7-5-15(6-8-16)23-20(24)19(29-21(23)28)13-14-4-9-17(27-11-10-22)18(12-14)25-2/h4-9,12-13H,3,11H2,1-2H3. The van der Waals surface area contributed by atoms with Crippen molar-refractivity contribution in [1.29, 1.82) is 5.26 Å². The number of carbonyl (C=O) groups is 1. The second kappa shape index (κ2) is 9.45. The van der Waals surface area contributed by atoms with E-state index in [1.54, 1.807) is 24.3 Å². The summed E-state index contributed by atoms with van der Waals surface area (Å²) in [5.41, 5.74) is 1.45. The van der Waals surface area contributed by atoms with Crippen LogP contribution in [0.3, 0.4) is 0 Å². The normalized spacial score (nSPS) is 14.8. The third kappa shape index (κ3) is 4.70. The van der Waals surface area contributed by atoms with Gasteiger partial charge in [-0.3, -0.25) is 9.69 Å². The van der Waals surface area contributed by atoms with Gasteiger partial charge in [-0.1, -0.05) is 30.0 Å². The third-order valence-corrected chi connectivity index (χ3v) is 5.28. The number of amides is 1. The molecule has 0 radical (unpaired) electrons. The highest BCUT2D eigenvalue weighted by Crippen LogP contribution is 2.37. The fourth-order valence-corrected chi connectivity index (χ4v) is 4.00. The molecule has 8 heteroatoms. The summed E-state index contributed by atoms with van der Waals surface area (Å²) in [6.45, 7) is 2.42. The fourth-order valence-electron chi connectivity index (χ4n) is 2.70. The van der Waals surface area contributed by atoms with E-state index in [4.69, 9.17) is 31.7 Å². The third-order valence-electron chi connectivity index (χ3n) is 3.98. The lowest BCUT2D eigenvalue weighted by molar-refractivity contribution is -0.113. The van der Waals surface area contributed by atoms with E-state index < -0.39 is 0 Å². The second-order valence-electron chi connectivity index (χ2n) is 5.80. The van der Waals surface area contributed by atoms with Gasteiger partial charge in [0.15, 0.2) is 22.4 Å². The number of carbonyl (C=O) groups excluding carboxylic acids is 1. The Morgan fingerprint density at radius 2 is 1.93 bits per heavy atom. The van der Waals surface area contributed by atoms with Crippen molar-refractivity contribution in [3.8, 4) is 23.3 Å². The van der Waals surface area contributed by atoms with Gasteiger partial charge in [0.2, 0.25) is 0 Å². The van der Waals surface area contributed by atoms with Crippen LogP contribution >= 0.6 is 24.0 Å². The monoisotopic (exact) mass is 426 g/mol. The van der Waals surface area contributed by atoms with E-state index in [0.717, 1.165) is 11.3 Å². The molecule has 1 heterocycles. The molecule has 6 nitrogen and oxygen atoms in total. The van der Waals surface area contributed by atoms with Crippen molar-refractivity contribution in [3.05, 3.63) is 52.9 Å². The molecule has 2 aromatic rings. The first-order chi connectivity index (χ1) is 14.1. The highest BCUT2D eigenvalue weighted by atomic mass is 32.2. The summed E-state index contributed by atoms with van der Waals surface area (Å²) < 4.78 is 16.5. The number of thiocarbonyl (C=S) groups is 1. The zero-order valence-electron chi connectivity index (χ0n) is 15.9. The largest absolute Gasteiger partial charge is 0.494 e. The number of nitrogens with zero attached hydrogens (tertiary/aromatic N) is 2. The number of methoxy groups -OCH3 is 1. The van der Waals surface area contributed by atoms with E-state index in [2.05, 4.69) is 0 Å². The van der Waals surface area contributed by atoms with Crippen LogP contribution in [0.5, 0.6) is 17.2 Å². The van der Waals surface area contributed by atoms with Crippen LogP contribution in [-0.2, 0) is 4.79 Å². The molecular weight excluding hydrogens is 408 g/mol. The molecule has 0 aliphatic carbocycles. The summed E-state index contributed by atoms with van der Waals surface area (Å²) in [4.78, 5) is 14.9. The lowest BCUT2D eigenvalue weighted by Crippen LogP contribution is -2.27. The number of benzene rings is 2. The molecule has 0 atom stereocenters. The highest BCUT2D eigenvalue weighted by Gasteiger charge is 2.33. The number of nitriles is 1. The van der Waals surface area contributed by atoms with Crippen molar-refractivity contribution in [2.45, 2.75) is 6.92 Å². The van der Waals surface area contributed by atoms with E-state index in [1.807, 2.05) is 37.3 Å². The van der Waals surface area contributed by atoms with Gasteiger partial charge >= 0.3 is 0 Å². The SMILES string of the molecule is CCOc1ccc(N2C(=O)C(=Cc3ccc(OCC#N)c(OC)c3)SC2=S)cc1. The molecule has 1 aliphatic rings. The summed E-state index contributed by atoms with van der Waals surface area (Å²) in [7, 11) is 1.52. The minimum atomic E-state index is -0.187. The number of rotatable bonds is 7. The van der Waals surface area contributed by atoms with E-state index >= 15 is 0 Å². The molecule has 148 valence electrons. The van der Waals surface area contributed by atoms with E-state index in [-0.39, 0.29) is 12.5 Å². The molecule has 0 spiro atoms. The second-order valence-corrected chi connectivity index (χ2v) is 7.48. The average Bonchev–Trinajstić information content (AvgIpc) is 3.00. The van der Waals surface area contributed by atoms with Crippen molar-refractivity contribution in [2.75, 3.05) is 25.2 Å². The van der Waals surface area contributed by atoms with E-state index in [9.17, 15) is 4.79 Å². The van der Waals surface area contributed by atoms with Crippen LogP contribution in [0.1, 0.15) is 12.5 Å². The number of ether oxygens (including phenoxy) is 3. The number of hydrogen-bond donors (Lipinski definition) is 0. The van der Waals surface area contributed by atoms with Crippen LogP contribution in [0.25, 0.3) is 6.08 Å². The van der Waals surface area contributed by atoms with Crippen LogP contribution in [0.4, 0.5) is 5.69 Å². The molecule has 0 unspecified atom stereocenters. The quantitative estimate of drug-likeness (QED) is 0.480. The van der Waals surface area contributed by atoms with Gasteiger partial charge in [-0.2, -0.15) is 5.26 Å². The van der Waals surface area contributed by atoms with Gasteiger partial charge in [-0.25, -0.2) is 0 Å².